The van der Waals surface area contributed by atoms with Gasteiger partial charge in [-0.2, -0.15) is 0 Å². The van der Waals surface area contributed by atoms with Crippen molar-refractivity contribution in [2.24, 2.45) is 0 Å². The van der Waals surface area contributed by atoms with Crippen molar-refractivity contribution in [2.45, 2.75) is 13.5 Å². The smallest absolute Gasteiger partial charge is 0.266 e. The zero-order chi connectivity index (χ0) is 18.6. The van der Waals surface area contributed by atoms with E-state index in [1.54, 1.807) is 0 Å². The number of thiazole rings is 1. The molecule has 0 radical (unpaired) electrons. The third kappa shape index (κ3) is 4.10. The maximum Gasteiger partial charge on any atom is 0.266 e. The van der Waals surface area contributed by atoms with E-state index in [0.29, 0.717) is 0 Å². The van der Waals surface area contributed by atoms with E-state index in [2.05, 4.69) is 35.3 Å². The number of nitrogens with zero attached hydrogens (tertiary/aromatic N) is 2. The van der Waals surface area contributed by atoms with Gasteiger partial charge >= 0.3 is 0 Å². The van der Waals surface area contributed by atoms with E-state index in [1.807, 2.05) is 42.2 Å². The van der Waals surface area contributed by atoms with E-state index in [-0.39, 0.29) is 5.91 Å². The number of piperazine rings is 1. The summed E-state index contributed by atoms with van der Waals surface area (Å²) in [7, 11) is 0. The lowest BCUT2D eigenvalue weighted by molar-refractivity contribution is -0.917. The monoisotopic (exact) mass is 378 g/mol. The maximum absolute atomic E-state index is 13.2. The summed E-state index contributed by atoms with van der Waals surface area (Å²) in [4.78, 5) is 22.1. The number of benzene rings is 2. The molecule has 0 unspecified atom stereocenters. The highest BCUT2D eigenvalue weighted by Crippen LogP contribution is 2.29. The van der Waals surface area contributed by atoms with Gasteiger partial charge in [-0.05, 0) is 6.92 Å². The highest BCUT2D eigenvalue weighted by molar-refractivity contribution is 7.14. The van der Waals surface area contributed by atoms with Gasteiger partial charge in [0.15, 0.2) is 0 Å². The van der Waals surface area contributed by atoms with Crippen molar-refractivity contribution in [3.05, 3.63) is 76.1 Å². The van der Waals surface area contributed by atoms with E-state index in [4.69, 9.17) is 0 Å². The van der Waals surface area contributed by atoms with Gasteiger partial charge in [0.05, 0.1) is 36.9 Å². The molecule has 1 aliphatic rings. The summed E-state index contributed by atoms with van der Waals surface area (Å²) in [6.45, 7) is 6.56. The van der Waals surface area contributed by atoms with E-state index in [9.17, 15) is 4.79 Å². The minimum Gasteiger partial charge on any atom is -0.328 e. The van der Waals surface area contributed by atoms with Crippen LogP contribution in [0.3, 0.4) is 0 Å². The van der Waals surface area contributed by atoms with Crippen molar-refractivity contribution in [1.82, 2.24) is 9.88 Å². The van der Waals surface area contributed by atoms with Crippen molar-refractivity contribution < 1.29 is 9.69 Å². The minimum atomic E-state index is 0.123. The molecule has 0 atom stereocenters. The zero-order valence-corrected chi connectivity index (χ0v) is 16.3. The van der Waals surface area contributed by atoms with Crippen LogP contribution < -0.4 is 4.90 Å². The summed E-state index contributed by atoms with van der Waals surface area (Å²) in [5.41, 5.74) is 3.19. The van der Waals surface area contributed by atoms with Crippen LogP contribution in [0.2, 0.25) is 0 Å². The average molecular weight is 379 g/mol. The van der Waals surface area contributed by atoms with Crippen LogP contribution in [-0.4, -0.2) is 42.0 Å². The largest absolute Gasteiger partial charge is 0.328 e. The molecular weight excluding hydrogens is 354 g/mol. The summed E-state index contributed by atoms with van der Waals surface area (Å²) in [6.07, 6.45) is 0. The van der Waals surface area contributed by atoms with E-state index in [0.717, 1.165) is 53.9 Å². The Balaban J connectivity index is 1.44. The summed E-state index contributed by atoms with van der Waals surface area (Å²) < 4.78 is 0. The summed E-state index contributed by atoms with van der Waals surface area (Å²) >= 11 is 1.51. The van der Waals surface area contributed by atoms with E-state index < -0.39 is 0 Å². The summed E-state index contributed by atoms with van der Waals surface area (Å²) in [6, 6.07) is 20.6. The van der Waals surface area contributed by atoms with Gasteiger partial charge in [0.1, 0.15) is 11.4 Å². The van der Waals surface area contributed by atoms with Crippen molar-refractivity contribution in [3.8, 4) is 11.3 Å². The first-order chi connectivity index (χ1) is 13.2. The molecule has 5 heteroatoms. The third-order valence-corrected chi connectivity index (χ3v) is 5.99. The van der Waals surface area contributed by atoms with Gasteiger partial charge in [-0.15, -0.1) is 11.3 Å². The van der Waals surface area contributed by atoms with E-state index in [1.165, 1.54) is 21.8 Å². The predicted octanol–water partition coefficient (Wildman–Crippen LogP) is 2.66. The Morgan fingerprint density at radius 3 is 2.33 bits per heavy atom. The molecule has 1 aromatic heterocycles. The minimum absolute atomic E-state index is 0.123. The van der Waals surface area contributed by atoms with Gasteiger partial charge < -0.3 is 9.80 Å². The van der Waals surface area contributed by atoms with Crippen LogP contribution in [0.1, 0.15) is 20.2 Å². The number of carbonyl (C=O) groups is 1. The number of nitrogens with one attached hydrogen (secondary N) is 1. The standard InChI is InChI=1S/C22H23N3OS/c1-17-23-20(19-10-6-3-7-11-19)21(27-17)22(26)25-14-12-24(13-15-25)16-18-8-4-2-5-9-18/h2-11H,12-16H2,1H3/p+1. The highest BCUT2D eigenvalue weighted by atomic mass is 32.1. The lowest BCUT2D eigenvalue weighted by atomic mass is 10.1. The fourth-order valence-corrected chi connectivity index (χ4v) is 4.50. The fraction of sp³-hybridized carbons (Fsp3) is 0.273. The number of aromatic nitrogens is 1. The summed E-state index contributed by atoms with van der Waals surface area (Å²) in [5, 5.41) is 0.936. The molecule has 0 aliphatic carbocycles. The molecule has 1 saturated heterocycles. The number of aryl methyl sites for hydroxylation is 1. The summed E-state index contributed by atoms with van der Waals surface area (Å²) in [5.74, 6) is 0.123. The molecule has 2 heterocycles. The molecule has 4 rings (SSSR count). The molecular formula is C22H24N3OS+. The molecule has 1 N–H and O–H groups in total. The molecule has 27 heavy (non-hydrogen) atoms. The van der Waals surface area contributed by atoms with Crippen LogP contribution in [0.4, 0.5) is 0 Å². The molecule has 0 spiro atoms. The molecule has 1 aliphatic heterocycles. The van der Waals surface area contributed by atoms with Gasteiger partial charge in [-0.25, -0.2) is 4.98 Å². The van der Waals surface area contributed by atoms with Crippen molar-refractivity contribution in [2.75, 3.05) is 26.2 Å². The highest BCUT2D eigenvalue weighted by Gasteiger charge is 2.28. The molecule has 0 bridgehead atoms. The van der Waals surface area contributed by atoms with Gasteiger partial charge in [-0.3, -0.25) is 4.79 Å². The Morgan fingerprint density at radius 1 is 1.04 bits per heavy atom. The van der Waals surface area contributed by atoms with Gasteiger partial charge in [0.2, 0.25) is 0 Å². The number of quaternary nitrogens is 1. The average Bonchev–Trinajstić information content (AvgIpc) is 3.11. The van der Waals surface area contributed by atoms with Crippen LogP contribution in [0.5, 0.6) is 0 Å². The number of carbonyl (C=O) groups excluding carboxylic acids is 1. The Hall–Kier alpha value is -2.50. The lowest BCUT2D eigenvalue weighted by Crippen LogP contribution is -3.13. The van der Waals surface area contributed by atoms with Crippen LogP contribution >= 0.6 is 11.3 Å². The number of amides is 1. The van der Waals surface area contributed by atoms with Gasteiger partial charge in [-0.1, -0.05) is 60.7 Å². The fourth-order valence-electron chi connectivity index (χ4n) is 3.59. The quantitative estimate of drug-likeness (QED) is 0.758. The topological polar surface area (TPSA) is 37.6 Å². The first-order valence-corrected chi connectivity index (χ1v) is 10.2. The number of rotatable bonds is 4. The van der Waals surface area contributed by atoms with Crippen LogP contribution in [0.25, 0.3) is 11.3 Å². The molecule has 4 nitrogen and oxygen atoms in total. The maximum atomic E-state index is 13.2. The third-order valence-electron chi connectivity index (χ3n) is 5.03. The number of hydrogen-bond acceptors (Lipinski definition) is 3. The van der Waals surface area contributed by atoms with Crippen LogP contribution in [0.15, 0.2) is 60.7 Å². The molecule has 2 aromatic carbocycles. The Kier molecular flexibility index (Phi) is 5.32. The van der Waals surface area contributed by atoms with Crippen molar-refractivity contribution >= 4 is 17.2 Å². The van der Waals surface area contributed by atoms with Crippen LogP contribution in [-0.2, 0) is 6.54 Å². The van der Waals surface area contributed by atoms with Crippen LogP contribution in [0, 0.1) is 6.92 Å². The van der Waals surface area contributed by atoms with Gasteiger partial charge in [0.25, 0.3) is 5.91 Å². The first-order valence-electron chi connectivity index (χ1n) is 9.40. The molecule has 3 aromatic rings. The molecule has 138 valence electrons. The SMILES string of the molecule is Cc1nc(-c2ccccc2)c(C(=O)N2CC[NH+](Cc3ccccc3)CC2)s1. The first kappa shape index (κ1) is 17.9. The lowest BCUT2D eigenvalue weighted by Gasteiger charge is -2.32. The second kappa shape index (κ2) is 8.03. The van der Waals surface area contributed by atoms with Gasteiger partial charge in [0, 0.05) is 11.1 Å². The van der Waals surface area contributed by atoms with Crippen molar-refractivity contribution in [3.63, 3.8) is 0 Å². The molecule has 1 amide bonds. The zero-order valence-electron chi connectivity index (χ0n) is 15.5. The second-order valence-electron chi connectivity index (χ2n) is 6.98. The van der Waals surface area contributed by atoms with Crippen molar-refractivity contribution in [1.29, 1.82) is 0 Å². The normalized spacial score (nSPS) is 15.1. The second-order valence-corrected chi connectivity index (χ2v) is 8.18. The Labute approximate surface area is 164 Å². The van der Waals surface area contributed by atoms with E-state index >= 15 is 0 Å². The number of hydrogen-bond donors (Lipinski definition) is 1. The Bertz CT molecular complexity index is 900. The Morgan fingerprint density at radius 2 is 1.67 bits per heavy atom. The predicted molar refractivity (Wildman–Crippen MR) is 109 cm³/mol. The molecule has 0 saturated carbocycles. The molecule has 1 fully saturated rings.